The van der Waals surface area contributed by atoms with E-state index in [9.17, 15) is 19.5 Å². The first kappa shape index (κ1) is 30.8. The normalized spacial score (nSPS) is 34.8. The number of fused-ring (bicyclic) bond motifs is 1. The van der Waals surface area contributed by atoms with Crippen LogP contribution in [-0.4, -0.2) is 81.8 Å². The van der Waals surface area contributed by atoms with E-state index >= 15 is 0 Å². The molecule has 3 aliphatic heterocycles. The number of aliphatic hydroxyl groups is 1. The second-order valence-corrected chi connectivity index (χ2v) is 12.8. The molecule has 1 aliphatic carbocycles. The summed E-state index contributed by atoms with van der Waals surface area (Å²) in [5.74, 6) is -2.61. The van der Waals surface area contributed by atoms with Crippen LogP contribution in [0.15, 0.2) is 25.3 Å². The second kappa shape index (κ2) is 12.4. The molecule has 3 unspecified atom stereocenters. The molecule has 8 atom stereocenters. The zero-order valence-corrected chi connectivity index (χ0v) is 25.0. The van der Waals surface area contributed by atoms with Crippen molar-refractivity contribution in [1.29, 1.82) is 0 Å². The van der Waals surface area contributed by atoms with Gasteiger partial charge in [0.2, 0.25) is 11.8 Å². The SMILES string of the molecule is C=CCCCOC(=O)[C@@H]1[C@H]2C(=O)N([C@@H](CO)[C@@H](C)CC)C(C(=O)N(CC=C)C3CCCCC3)C23CC(C)[C@@]1(C)O3. The Morgan fingerprint density at radius 3 is 2.55 bits per heavy atom. The molecule has 8 heteroatoms. The number of ether oxygens (including phenoxy) is 2. The van der Waals surface area contributed by atoms with Crippen molar-refractivity contribution in [3.05, 3.63) is 25.3 Å². The number of amides is 2. The van der Waals surface area contributed by atoms with Crippen LogP contribution in [0.5, 0.6) is 0 Å². The third kappa shape index (κ3) is 4.93. The van der Waals surface area contributed by atoms with Crippen molar-refractivity contribution in [3.8, 4) is 0 Å². The first-order valence-electron chi connectivity index (χ1n) is 15.4. The van der Waals surface area contributed by atoms with Crippen LogP contribution >= 0.6 is 0 Å². The number of nitrogens with zero attached hydrogens (tertiary/aromatic N) is 2. The zero-order valence-electron chi connectivity index (χ0n) is 25.0. The maximum Gasteiger partial charge on any atom is 0.312 e. The van der Waals surface area contributed by atoms with E-state index in [1.165, 1.54) is 0 Å². The minimum atomic E-state index is -1.15. The number of aliphatic hydroxyl groups excluding tert-OH is 1. The van der Waals surface area contributed by atoms with E-state index in [0.717, 1.165) is 44.9 Å². The van der Waals surface area contributed by atoms with Gasteiger partial charge >= 0.3 is 5.97 Å². The summed E-state index contributed by atoms with van der Waals surface area (Å²) < 4.78 is 12.6. The van der Waals surface area contributed by atoms with Crippen molar-refractivity contribution < 1.29 is 29.0 Å². The summed E-state index contributed by atoms with van der Waals surface area (Å²) in [6, 6.07) is -1.40. The minimum absolute atomic E-state index is 0.0449. The van der Waals surface area contributed by atoms with Gasteiger partial charge < -0.3 is 24.4 Å². The molecular weight excluding hydrogens is 508 g/mol. The largest absolute Gasteiger partial charge is 0.465 e. The average molecular weight is 559 g/mol. The molecule has 2 amide bonds. The van der Waals surface area contributed by atoms with Crippen molar-refractivity contribution in [3.63, 3.8) is 0 Å². The fourth-order valence-corrected chi connectivity index (χ4v) is 8.08. The molecule has 3 saturated heterocycles. The first-order chi connectivity index (χ1) is 19.1. The van der Waals surface area contributed by atoms with Gasteiger partial charge in [-0.25, -0.2) is 0 Å². The number of allylic oxidation sites excluding steroid dienone is 1. The van der Waals surface area contributed by atoms with Gasteiger partial charge in [-0.3, -0.25) is 14.4 Å². The van der Waals surface area contributed by atoms with Gasteiger partial charge in [-0.1, -0.05) is 58.6 Å². The van der Waals surface area contributed by atoms with Crippen LogP contribution in [0.4, 0.5) is 0 Å². The van der Waals surface area contributed by atoms with Gasteiger partial charge in [0.1, 0.15) is 17.6 Å². The van der Waals surface area contributed by atoms with Crippen LogP contribution in [0.2, 0.25) is 0 Å². The molecule has 1 N–H and O–H groups in total. The van der Waals surface area contributed by atoms with E-state index in [-0.39, 0.29) is 42.9 Å². The lowest BCUT2D eigenvalue weighted by Gasteiger charge is -2.43. The summed E-state index contributed by atoms with van der Waals surface area (Å²) in [4.78, 5) is 46.5. The number of likely N-dealkylation sites (tertiary alicyclic amines) is 1. The number of hydrogen-bond acceptors (Lipinski definition) is 6. The molecule has 8 nitrogen and oxygen atoms in total. The number of rotatable bonds is 13. The number of carbonyl (C=O) groups excluding carboxylic acids is 3. The molecule has 0 radical (unpaired) electrons. The molecule has 224 valence electrons. The highest BCUT2D eigenvalue weighted by atomic mass is 16.6. The van der Waals surface area contributed by atoms with Crippen LogP contribution < -0.4 is 0 Å². The Hall–Kier alpha value is -2.19. The Morgan fingerprint density at radius 2 is 1.95 bits per heavy atom. The third-order valence-corrected chi connectivity index (χ3v) is 10.5. The summed E-state index contributed by atoms with van der Waals surface area (Å²) in [6.45, 7) is 16.0. The highest BCUT2D eigenvalue weighted by molar-refractivity contribution is 5.99. The number of esters is 1. The smallest absolute Gasteiger partial charge is 0.312 e. The fourth-order valence-electron chi connectivity index (χ4n) is 8.08. The van der Waals surface area contributed by atoms with Crippen LogP contribution in [-0.2, 0) is 23.9 Å². The predicted octanol–water partition coefficient (Wildman–Crippen LogP) is 4.26. The number of carbonyl (C=O) groups is 3. The Morgan fingerprint density at radius 1 is 1.25 bits per heavy atom. The van der Waals surface area contributed by atoms with Gasteiger partial charge in [0.25, 0.3) is 0 Å². The van der Waals surface area contributed by atoms with Crippen LogP contribution in [0.3, 0.4) is 0 Å². The summed E-state index contributed by atoms with van der Waals surface area (Å²) >= 11 is 0. The number of hydrogen-bond donors (Lipinski definition) is 1. The van der Waals surface area contributed by atoms with Crippen molar-refractivity contribution >= 4 is 17.8 Å². The molecular formula is C32H50N2O6. The maximum absolute atomic E-state index is 14.8. The van der Waals surface area contributed by atoms with Crippen LogP contribution in [0.1, 0.15) is 85.5 Å². The molecule has 0 aromatic carbocycles. The molecule has 4 aliphatic rings. The third-order valence-electron chi connectivity index (χ3n) is 10.5. The van der Waals surface area contributed by atoms with E-state index in [4.69, 9.17) is 9.47 Å². The second-order valence-electron chi connectivity index (χ2n) is 12.8. The lowest BCUT2D eigenvalue weighted by atomic mass is 9.62. The van der Waals surface area contributed by atoms with E-state index in [2.05, 4.69) is 13.2 Å². The van der Waals surface area contributed by atoms with Gasteiger partial charge in [0, 0.05) is 12.6 Å². The molecule has 40 heavy (non-hydrogen) atoms. The molecule has 1 spiro atoms. The van der Waals surface area contributed by atoms with Gasteiger partial charge in [-0.05, 0) is 50.9 Å². The van der Waals surface area contributed by atoms with E-state index in [0.29, 0.717) is 19.4 Å². The highest BCUT2D eigenvalue weighted by Gasteiger charge is 2.81. The lowest BCUT2D eigenvalue weighted by molar-refractivity contribution is -0.165. The van der Waals surface area contributed by atoms with Crippen LogP contribution in [0, 0.1) is 23.7 Å². The number of unbranched alkanes of at least 4 members (excludes halogenated alkanes) is 1. The Balaban J connectivity index is 1.79. The molecule has 1 saturated carbocycles. The van der Waals surface area contributed by atoms with Gasteiger partial charge in [-0.15, -0.1) is 13.2 Å². The summed E-state index contributed by atoms with van der Waals surface area (Å²) in [6.07, 6.45) is 11.3. The lowest BCUT2D eigenvalue weighted by Crippen LogP contribution is -2.61. The summed E-state index contributed by atoms with van der Waals surface area (Å²) in [7, 11) is 0. The molecule has 3 heterocycles. The molecule has 0 aromatic heterocycles. The Labute approximate surface area is 240 Å². The minimum Gasteiger partial charge on any atom is -0.465 e. The summed E-state index contributed by atoms with van der Waals surface area (Å²) in [5, 5.41) is 10.6. The molecule has 2 bridgehead atoms. The van der Waals surface area contributed by atoms with Crippen molar-refractivity contribution in [2.45, 2.75) is 115 Å². The van der Waals surface area contributed by atoms with Crippen molar-refractivity contribution in [2.24, 2.45) is 23.7 Å². The van der Waals surface area contributed by atoms with Gasteiger partial charge in [0.15, 0.2) is 0 Å². The monoisotopic (exact) mass is 558 g/mol. The Bertz CT molecular complexity index is 978. The van der Waals surface area contributed by atoms with Gasteiger partial charge in [-0.2, -0.15) is 0 Å². The van der Waals surface area contributed by atoms with Gasteiger partial charge in [0.05, 0.1) is 30.8 Å². The average Bonchev–Trinajstić information content (AvgIpc) is 3.46. The fraction of sp³-hybridized carbons (Fsp3) is 0.781. The first-order valence-corrected chi connectivity index (χ1v) is 15.4. The van der Waals surface area contributed by atoms with Crippen molar-refractivity contribution in [2.75, 3.05) is 19.8 Å². The molecule has 4 rings (SSSR count). The van der Waals surface area contributed by atoms with E-state index in [1.54, 1.807) is 17.1 Å². The molecule has 4 fully saturated rings. The van der Waals surface area contributed by atoms with Crippen LogP contribution in [0.25, 0.3) is 0 Å². The zero-order chi connectivity index (χ0) is 29.2. The van der Waals surface area contributed by atoms with Crippen molar-refractivity contribution in [1.82, 2.24) is 9.80 Å². The molecule has 0 aromatic rings. The van der Waals surface area contributed by atoms with E-state index in [1.807, 2.05) is 32.6 Å². The van der Waals surface area contributed by atoms with E-state index < -0.39 is 41.1 Å². The quantitative estimate of drug-likeness (QED) is 0.206. The highest BCUT2D eigenvalue weighted by Crippen LogP contribution is 2.66. The standard InChI is InChI=1S/C32H50N2O6/c1-7-10-14-18-39-30(38)26-25-28(36)34(24(20-35)21(4)9-3)27(32(25)19-22(5)31(26,6)40-32)29(37)33(17-8-2)23-15-12-11-13-16-23/h7-8,21-27,35H,1-2,9-20H2,3-6H3/t21-,22?,24-,25-,26-,27?,31+,32?/m0/s1. The predicted molar refractivity (Wildman–Crippen MR) is 153 cm³/mol. The maximum atomic E-state index is 14.8. The Kier molecular flexibility index (Phi) is 9.50. The topological polar surface area (TPSA) is 96.4 Å². The summed E-state index contributed by atoms with van der Waals surface area (Å²) in [5.41, 5.74) is -2.07.